The zero-order valence-corrected chi connectivity index (χ0v) is 12.5. The van der Waals surface area contributed by atoms with Crippen molar-refractivity contribution in [1.82, 2.24) is 9.55 Å². The number of nitro benzene ring substituents is 1. The van der Waals surface area contributed by atoms with Crippen LogP contribution in [0.1, 0.15) is 5.82 Å². The Hall–Kier alpha value is -2.35. The van der Waals surface area contributed by atoms with Crippen LogP contribution in [-0.4, -0.2) is 14.5 Å². The van der Waals surface area contributed by atoms with Crippen LogP contribution >= 0.6 is 15.9 Å². The fourth-order valence-corrected chi connectivity index (χ4v) is 2.47. The lowest BCUT2D eigenvalue weighted by atomic mass is 10.2. The van der Waals surface area contributed by atoms with Crippen LogP contribution in [0.3, 0.4) is 0 Å². The number of rotatable bonds is 3. The third kappa shape index (κ3) is 2.45. The van der Waals surface area contributed by atoms with Gasteiger partial charge in [0.1, 0.15) is 0 Å². The van der Waals surface area contributed by atoms with E-state index in [0.717, 1.165) is 0 Å². The predicted octanol–water partition coefficient (Wildman–Crippen LogP) is 4.38. The maximum Gasteiger partial charge on any atom is 0.358 e. The lowest BCUT2D eigenvalue weighted by Crippen LogP contribution is -2.12. The zero-order chi connectivity index (χ0) is 15.9. The van der Waals surface area contributed by atoms with Crippen molar-refractivity contribution in [2.45, 2.75) is 4.83 Å². The standard InChI is InChI=1S/C14H8BrF2N3O2/c15-14(16,17)13-18-11-3-1-2-4-12(11)19(13)9-5-7-10(8-6-9)20(21)22/h1-8H. The lowest BCUT2D eigenvalue weighted by Gasteiger charge is -2.12. The van der Waals surface area contributed by atoms with E-state index in [1.807, 2.05) is 0 Å². The normalized spacial score (nSPS) is 11.8. The van der Waals surface area contributed by atoms with Crippen molar-refractivity contribution in [2.24, 2.45) is 0 Å². The first kappa shape index (κ1) is 14.6. The first-order chi connectivity index (χ1) is 10.4. The molecule has 3 aromatic rings. The topological polar surface area (TPSA) is 61.0 Å². The molecular formula is C14H8BrF2N3O2. The third-order valence-electron chi connectivity index (χ3n) is 3.13. The summed E-state index contributed by atoms with van der Waals surface area (Å²) in [5.41, 5.74) is 1.16. The van der Waals surface area contributed by atoms with E-state index in [0.29, 0.717) is 16.7 Å². The Kier molecular flexibility index (Phi) is 3.40. The summed E-state index contributed by atoms with van der Waals surface area (Å²) >= 11 is 2.33. The number of fused-ring (bicyclic) bond motifs is 1. The van der Waals surface area contributed by atoms with Gasteiger partial charge in [-0.3, -0.25) is 14.7 Å². The number of nitro groups is 1. The van der Waals surface area contributed by atoms with Gasteiger partial charge >= 0.3 is 4.83 Å². The molecule has 0 spiro atoms. The summed E-state index contributed by atoms with van der Waals surface area (Å²) in [7, 11) is 0. The van der Waals surface area contributed by atoms with Gasteiger partial charge in [0.25, 0.3) is 5.69 Å². The van der Waals surface area contributed by atoms with Gasteiger partial charge in [0.2, 0.25) is 0 Å². The van der Waals surface area contributed by atoms with Gasteiger partial charge in [-0.1, -0.05) is 12.1 Å². The maximum atomic E-state index is 13.8. The van der Waals surface area contributed by atoms with Gasteiger partial charge in [0.15, 0.2) is 5.82 Å². The number of para-hydroxylation sites is 2. The Bertz CT molecular complexity index is 857. The van der Waals surface area contributed by atoms with Crippen LogP contribution in [0, 0.1) is 10.1 Å². The Morgan fingerprint density at radius 2 is 1.77 bits per heavy atom. The van der Waals surface area contributed by atoms with E-state index in [1.54, 1.807) is 24.3 Å². The van der Waals surface area contributed by atoms with Crippen LogP contribution in [0.5, 0.6) is 0 Å². The van der Waals surface area contributed by atoms with E-state index in [2.05, 4.69) is 20.9 Å². The zero-order valence-electron chi connectivity index (χ0n) is 10.9. The minimum atomic E-state index is -3.33. The quantitative estimate of drug-likeness (QED) is 0.392. The average Bonchev–Trinajstić information content (AvgIpc) is 2.87. The fraction of sp³-hybridized carbons (Fsp3) is 0.0714. The van der Waals surface area contributed by atoms with Crippen LogP contribution in [-0.2, 0) is 4.83 Å². The Balaban J connectivity index is 2.26. The fourth-order valence-electron chi connectivity index (χ4n) is 2.20. The average molecular weight is 368 g/mol. The number of aromatic nitrogens is 2. The molecule has 22 heavy (non-hydrogen) atoms. The molecule has 0 saturated heterocycles. The van der Waals surface area contributed by atoms with E-state index < -0.39 is 15.6 Å². The second-order valence-corrected chi connectivity index (χ2v) is 5.53. The summed E-state index contributed by atoms with van der Waals surface area (Å²) in [4.78, 5) is 10.8. The molecule has 2 aromatic carbocycles. The van der Waals surface area contributed by atoms with Crippen LogP contribution in [0.15, 0.2) is 48.5 Å². The Morgan fingerprint density at radius 3 is 2.36 bits per heavy atom. The van der Waals surface area contributed by atoms with Crippen molar-refractivity contribution in [3.63, 3.8) is 0 Å². The maximum absolute atomic E-state index is 13.8. The van der Waals surface area contributed by atoms with Crippen molar-refractivity contribution < 1.29 is 13.7 Å². The molecular weight excluding hydrogens is 360 g/mol. The highest BCUT2D eigenvalue weighted by Crippen LogP contribution is 2.37. The van der Waals surface area contributed by atoms with Crippen molar-refractivity contribution in [2.75, 3.05) is 0 Å². The predicted molar refractivity (Wildman–Crippen MR) is 80.5 cm³/mol. The summed E-state index contributed by atoms with van der Waals surface area (Å²) in [6.07, 6.45) is 0. The molecule has 0 saturated carbocycles. The smallest absolute Gasteiger partial charge is 0.290 e. The number of alkyl halides is 3. The number of nitrogens with zero attached hydrogens (tertiary/aromatic N) is 3. The molecule has 0 aliphatic heterocycles. The van der Waals surface area contributed by atoms with Crippen molar-refractivity contribution in [3.05, 3.63) is 64.5 Å². The van der Waals surface area contributed by atoms with Gasteiger partial charge in [-0.15, -0.1) is 0 Å². The van der Waals surface area contributed by atoms with Gasteiger partial charge in [-0.05, 0) is 40.2 Å². The molecule has 0 fully saturated rings. The molecule has 0 bridgehead atoms. The second-order valence-electron chi connectivity index (χ2n) is 4.53. The van der Waals surface area contributed by atoms with Crippen molar-refractivity contribution in [3.8, 4) is 5.69 Å². The largest absolute Gasteiger partial charge is 0.358 e. The minimum Gasteiger partial charge on any atom is -0.290 e. The van der Waals surface area contributed by atoms with Crippen molar-refractivity contribution in [1.29, 1.82) is 0 Å². The molecule has 0 aliphatic rings. The third-order valence-corrected chi connectivity index (χ3v) is 3.49. The molecule has 1 aromatic heterocycles. The highest BCUT2D eigenvalue weighted by Gasteiger charge is 2.34. The van der Waals surface area contributed by atoms with Gasteiger partial charge in [-0.2, -0.15) is 8.78 Å². The van der Waals surface area contributed by atoms with E-state index in [9.17, 15) is 18.9 Å². The summed E-state index contributed by atoms with van der Waals surface area (Å²) in [6.45, 7) is 0. The molecule has 0 atom stereocenters. The molecule has 3 rings (SSSR count). The number of halogens is 3. The molecule has 1 heterocycles. The summed E-state index contributed by atoms with van der Waals surface area (Å²) in [5.74, 6) is -0.484. The molecule has 112 valence electrons. The summed E-state index contributed by atoms with van der Waals surface area (Å²) in [6, 6.07) is 12.0. The van der Waals surface area contributed by atoms with Crippen molar-refractivity contribution >= 4 is 32.7 Å². The minimum absolute atomic E-state index is 0.111. The van der Waals surface area contributed by atoms with Crippen LogP contribution < -0.4 is 0 Å². The summed E-state index contributed by atoms with van der Waals surface area (Å²) < 4.78 is 28.8. The molecule has 0 unspecified atom stereocenters. The molecule has 8 heteroatoms. The summed E-state index contributed by atoms with van der Waals surface area (Å²) in [5, 5.41) is 10.7. The first-order valence-corrected chi connectivity index (χ1v) is 6.97. The molecule has 0 aliphatic carbocycles. The Morgan fingerprint density at radius 1 is 1.14 bits per heavy atom. The number of hydrogen-bond acceptors (Lipinski definition) is 3. The lowest BCUT2D eigenvalue weighted by molar-refractivity contribution is -0.384. The monoisotopic (exact) mass is 367 g/mol. The van der Waals surface area contributed by atoms with E-state index >= 15 is 0 Å². The second kappa shape index (κ2) is 5.13. The molecule has 5 nitrogen and oxygen atoms in total. The van der Waals surface area contributed by atoms with E-state index in [4.69, 9.17) is 0 Å². The first-order valence-electron chi connectivity index (χ1n) is 6.17. The SMILES string of the molecule is O=[N+]([O-])c1ccc(-n2c(C(F)(F)Br)nc3ccccc32)cc1. The van der Waals surface area contributed by atoms with Crippen LogP contribution in [0.2, 0.25) is 0 Å². The van der Waals surface area contributed by atoms with Crippen LogP contribution in [0.4, 0.5) is 14.5 Å². The van der Waals surface area contributed by atoms with Gasteiger partial charge < -0.3 is 0 Å². The van der Waals surface area contributed by atoms with E-state index in [1.165, 1.54) is 28.8 Å². The van der Waals surface area contributed by atoms with Crippen LogP contribution in [0.25, 0.3) is 16.7 Å². The number of non-ortho nitro benzene ring substituents is 1. The highest BCUT2D eigenvalue weighted by atomic mass is 79.9. The van der Waals surface area contributed by atoms with Gasteiger partial charge in [0, 0.05) is 17.8 Å². The number of hydrogen-bond donors (Lipinski definition) is 0. The van der Waals surface area contributed by atoms with Gasteiger partial charge in [-0.25, -0.2) is 4.98 Å². The van der Waals surface area contributed by atoms with Gasteiger partial charge in [0.05, 0.1) is 16.0 Å². The number of benzene rings is 2. The molecule has 0 radical (unpaired) electrons. The molecule has 0 N–H and O–H groups in total. The van der Waals surface area contributed by atoms with E-state index in [-0.39, 0.29) is 5.69 Å². The number of imidazole rings is 1. The molecule has 0 amide bonds. The Labute approximate surface area is 131 Å². The highest BCUT2D eigenvalue weighted by molar-refractivity contribution is 9.09.